The highest BCUT2D eigenvalue weighted by Gasteiger charge is 2.31. The first kappa shape index (κ1) is 27.5. The van der Waals surface area contributed by atoms with Crippen molar-refractivity contribution in [1.82, 2.24) is 4.90 Å². The van der Waals surface area contributed by atoms with Crippen LogP contribution in [0.3, 0.4) is 0 Å². The van der Waals surface area contributed by atoms with E-state index in [0.29, 0.717) is 25.2 Å². The summed E-state index contributed by atoms with van der Waals surface area (Å²) in [4.78, 5) is 20.9. The zero-order chi connectivity index (χ0) is 26.5. The molecule has 1 heterocycles. The van der Waals surface area contributed by atoms with Crippen LogP contribution in [0.15, 0.2) is 42.5 Å². The van der Waals surface area contributed by atoms with Gasteiger partial charge in [0, 0.05) is 49.6 Å². The van der Waals surface area contributed by atoms with Crippen LogP contribution < -0.4 is 9.64 Å². The zero-order valence-electron chi connectivity index (χ0n) is 23.2. The monoisotopic (exact) mass is 491 g/mol. The number of amides is 1. The van der Waals surface area contributed by atoms with E-state index in [1.807, 2.05) is 24.0 Å². The van der Waals surface area contributed by atoms with Gasteiger partial charge in [0.15, 0.2) is 11.1 Å². The molecule has 3 rings (SSSR count). The highest BCUT2D eigenvalue weighted by Crippen LogP contribution is 2.39. The van der Waals surface area contributed by atoms with Crippen molar-refractivity contribution in [2.45, 2.75) is 84.7 Å². The van der Waals surface area contributed by atoms with E-state index in [1.165, 1.54) is 11.1 Å². The molecule has 1 fully saturated rings. The molecule has 0 aliphatic carbocycles. The minimum Gasteiger partial charge on any atom is -0.480 e. The Kier molecular flexibility index (Phi) is 8.66. The molecule has 1 saturated heterocycles. The van der Waals surface area contributed by atoms with Crippen LogP contribution in [0.5, 0.6) is 5.75 Å². The number of carbonyl (C=O) groups excluding carboxylic acids is 1. The van der Waals surface area contributed by atoms with Crippen molar-refractivity contribution >= 4 is 17.3 Å². The molecule has 1 amide bonds. The Morgan fingerprint density at radius 1 is 0.944 bits per heavy atom. The van der Waals surface area contributed by atoms with Gasteiger partial charge in [-0.15, -0.1) is 0 Å². The number of benzene rings is 2. The van der Waals surface area contributed by atoms with Gasteiger partial charge in [-0.3, -0.25) is 4.79 Å². The number of rotatable bonds is 9. The number of hydrogen-bond donors (Lipinski definition) is 0. The van der Waals surface area contributed by atoms with E-state index in [-0.39, 0.29) is 16.7 Å². The summed E-state index contributed by atoms with van der Waals surface area (Å²) in [5.74, 6) is 0.885. The van der Waals surface area contributed by atoms with Crippen molar-refractivity contribution in [2.24, 2.45) is 0 Å². The number of anilines is 1. The van der Waals surface area contributed by atoms with E-state index >= 15 is 0 Å². The standard InChI is InChI=1S/C30H43N4O2/c1-8-26(28(35)34-19-17-33(18-20-34)24-14-12-23(32-31)13-15-24)36-27-16-11-22(29(4,5)9-2)21-25(27)30(6,7)10-3/h11-16,21,26H,8-10,17-20H2,1-7H3/q+1. The molecule has 1 aliphatic heterocycles. The second-order valence-electron chi connectivity index (χ2n) is 11.1. The van der Waals surface area contributed by atoms with Crippen LogP contribution >= 0.6 is 0 Å². The lowest BCUT2D eigenvalue weighted by Gasteiger charge is -2.37. The lowest BCUT2D eigenvalue weighted by molar-refractivity contribution is -0.139. The van der Waals surface area contributed by atoms with Gasteiger partial charge in [0.1, 0.15) is 5.75 Å². The third kappa shape index (κ3) is 6.00. The van der Waals surface area contributed by atoms with Crippen LogP contribution in [0.25, 0.3) is 4.98 Å². The van der Waals surface area contributed by atoms with Crippen molar-refractivity contribution in [3.8, 4) is 5.75 Å². The van der Waals surface area contributed by atoms with Crippen LogP contribution in [-0.4, -0.2) is 43.1 Å². The maximum Gasteiger partial charge on any atom is 0.385 e. The first-order valence-corrected chi connectivity index (χ1v) is 13.4. The van der Waals surface area contributed by atoms with Gasteiger partial charge in [-0.2, -0.15) is 0 Å². The van der Waals surface area contributed by atoms with Gasteiger partial charge in [-0.05, 0) is 53.9 Å². The van der Waals surface area contributed by atoms with Gasteiger partial charge in [-0.1, -0.05) is 60.6 Å². The van der Waals surface area contributed by atoms with Crippen molar-refractivity contribution in [3.63, 3.8) is 0 Å². The highest BCUT2D eigenvalue weighted by atomic mass is 16.5. The molecule has 1 unspecified atom stereocenters. The summed E-state index contributed by atoms with van der Waals surface area (Å²) < 4.78 is 6.50. The fourth-order valence-corrected chi connectivity index (χ4v) is 4.56. The highest BCUT2D eigenvalue weighted by molar-refractivity contribution is 5.81. The van der Waals surface area contributed by atoms with E-state index in [4.69, 9.17) is 10.1 Å². The average molecular weight is 492 g/mol. The lowest BCUT2D eigenvalue weighted by Crippen LogP contribution is -2.52. The molecule has 0 saturated carbocycles. The molecule has 36 heavy (non-hydrogen) atoms. The van der Waals surface area contributed by atoms with Crippen molar-refractivity contribution in [3.05, 3.63) is 58.6 Å². The SMILES string of the molecule is CCC(Oc1ccc(C(C)(C)CC)cc1C(C)(C)CC)C(=O)N1CCN(c2ccc([N+]#N)cc2)CC1. The third-order valence-electron chi connectivity index (χ3n) is 8.10. The van der Waals surface area contributed by atoms with Crippen molar-refractivity contribution in [1.29, 1.82) is 5.39 Å². The van der Waals surface area contributed by atoms with Crippen LogP contribution in [-0.2, 0) is 15.6 Å². The molecule has 0 bridgehead atoms. The summed E-state index contributed by atoms with van der Waals surface area (Å²) in [6, 6.07) is 14.0. The molecule has 2 aromatic carbocycles. The van der Waals surface area contributed by atoms with Gasteiger partial charge >= 0.3 is 5.69 Å². The van der Waals surface area contributed by atoms with E-state index in [9.17, 15) is 4.79 Å². The van der Waals surface area contributed by atoms with Gasteiger partial charge in [-0.25, -0.2) is 0 Å². The maximum absolute atomic E-state index is 13.5. The molecule has 1 aliphatic rings. The number of piperazine rings is 1. The molecule has 0 aromatic heterocycles. The summed E-state index contributed by atoms with van der Waals surface area (Å²) >= 11 is 0. The number of hydrogen-bond acceptors (Lipinski definition) is 4. The Balaban J connectivity index is 1.75. The normalized spacial score (nSPS) is 15.4. The van der Waals surface area contributed by atoms with Crippen LogP contribution in [0.4, 0.5) is 11.4 Å². The fraction of sp³-hybridized carbons (Fsp3) is 0.567. The second kappa shape index (κ2) is 11.3. The topological polar surface area (TPSA) is 60.9 Å². The Morgan fingerprint density at radius 3 is 2.08 bits per heavy atom. The molecule has 2 aromatic rings. The zero-order valence-corrected chi connectivity index (χ0v) is 23.2. The number of ether oxygens (including phenoxy) is 1. The molecule has 6 heteroatoms. The molecular formula is C30H43N4O2+. The Labute approximate surface area is 217 Å². The van der Waals surface area contributed by atoms with Crippen molar-refractivity contribution < 1.29 is 9.53 Å². The first-order chi connectivity index (χ1) is 17.1. The summed E-state index contributed by atoms with van der Waals surface area (Å²) in [7, 11) is 0. The third-order valence-corrected chi connectivity index (χ3v) is 8.10. The number of carbonyl (C=O) groups is 1. The second-order valence-corrected chi connectivity index (χ2v) is 11.1. The number of nitrogens with zero attached hydrogens (tertiary/aromatic N) is 4. The summed E-state index contributed by atoms with van der Waals surface area (Å²) in [6.07, 6.45) is 2.17. The lowest BCUT2D eigenvalue weighted by atomic mass is 9.76. The molecule has 0 N–H and O–H groups in total. The predicted molar refractivity (Wildman–Crippen MR) is 148 cm³/mol. The number of diazo groups is 1. The molecule has 0 spiro atoms. The van der Waals surface area contributed by atoms with E-state index in [1.54, 1.807) is 12.1 Å². The predicted octanol–water partition coefficient (Wildman–Crippen LogP) is 7.05. The quantitative estimate of drug-likeness (QED) is 0.353. The summed E-state index contributed by atoms with van der Waals surface area (Å²) in [6.45, 7) is 18.3. The first-order valence-electron chi connectivity index (χ1n) is 13.4. The smallest absolute Gasteiger partial charge is 0.385 e. The van der Waals surface area contributed by atoms with Gasteiger partial charge < -0.3 is 14.5 Å². The molecular weight excluding hydrogens is 448 g/mol. The largest absolute Gasteiger partial charge is 0.480 e. The average Bonchev–Trinajstić information content (AvgIpc) is 2.91. The molecule has 1 atom stereocenters. The summed E-state index contributed by atoms with van der Waals surface area (Å²) in [5.41, 5.74) is 4.13. The molecule has 0 radical (unpaired) electrons. The van der Waals surface area contributed by atoms with Gasteiger partial charge in [0.25, 0.3) is 5.91 Å². The fourth-order valence-electron chi connectivity index (χ4n) is 4.56. The van der Waals surface area contributed by atoms with E-state index in [2.05, 4.69) is 69.6 Å². The minimum absolute atomic E-state index is 0.0546. The molecule has 6 nitrogen and oxygen atoms in total. The van der Waals surface area contributed by atoms with Gasteiger partial charge in [0.2, 0.25) is 5.39 Å². The molecule has 194 valence electrons. The minimum atomic E-state index is -0.501. The van der Waals surface area contributed by atoms with E-state index in [0.717, 1.165) is 37.4 Å². The Morgan fingerprint density at radius 2 is 1.56 bits per heavy atom. The maximum atomic E-state index is 13.5. The Bertz CT molecular complexity index is 1080. The van der Waals surface area contributed by atoms with Crippen molar-refractivity contribution in [2.75, 3.05) is 31.1 Å². The summed E-state index contributed by atoms with van der Waals surface area (Å²) in [5, 5.41) is 8.91. The van der Waals surface area contributed by atoms with Crippen LogP contribution in [0.1, 0.15) is 78.9 Å². The Hall–Kier alpha value is -3.07. The van der Waals surface area contributed by atoms with Crippen LogP contribution in [0.2, 0.25) is 0 Å². The van der Waals surface area contributed by atoms with Crippen LogP contribution in [0, 0.1) is 5.39 Å². The van der Waals surface area contributed by atoms with E-state index < -0.39 is 6.10 Å². The van der Waals surface area contributed by atoms with Gasteiger partial charge in [0.05, 0.1) is 0 Å².